The zero-order valence-electron chi connectivity index (χ0n) is 9.26. The number of hydrogen-bond acceptors (Lipinski definition) is 1. The van der Waals surface area contributed by atoms with Gasteiger partial charge in [-0.15, -0.1) is 11.8 Å². The predicted octanol–water partition coefficient (Wildman–Crippen LogP) is 4.02. The van der Waals surface area contributed by atoms with E-state index in [4.69, 9.17) is 0 Å². The molecule has 1 aliphatic heterocycles. The van der Waals surface area contributed by atoms with Crippen molar-refractivity contribution in [3.63, 3.8) is 0 Å². The summed E-state index contributed by atoms with van der Waals surface area (Å²) in [6, 6.07) is 6.79. The van der Waals surface area contributed by atoms with Crippen molar-refractivity contribution in [1.29, 1.82) is 0 Å². The molecule has 1 heterocycles. The van der Waals surface area contributed by atoms with E-state index in [9.17, 15) is 0 Å². The van der Waals surface area contributed by atoms with E-state index >= 15 is 0 Å². The average Bonchev–Trinajstić information content (AvgIpc) is 2.15. The Balaban J connectivity index is 2.51. The minimum atomic E-state index is 0.287. The molecule has 1 aliphatic rings. The molecular weight excluding hydrogens is 188 g/mol. The van der Waals surface area contributed by atoms with Crippen LogP contribution in [-0.4, -0.2) is 5.75 Å². The largest absolute Gasteiger partial charge is 0.126 e. The summed E-state index contributed by atoms with van der Waals surface area (Å²) in [5, 5.41) is 0. The number of fused-ring (bicyclic) bond motifs is 1. The zero-order valence-corrected chi connectivity index (χ0v) is 10.1. The van der Waals surface area contributed by atoms with Crippen LogP contribution < -0.4 is 0 Å². The van der Waals surface area contributed by atoms with Gasteiger partial charge in [-0.1, -0.05) is 39.0 Å². The second-order valence-corrected chi connectivity index (χ2v) is 6.10. The molecule has 0 fully saturated rings. The summed E-state index contributed by atoms with van der Waals surface area (Å²) in [4.78, 5) is 1.56. The Labute approximate surface area is 91.1 Å². The molecular formula is C13H18S. The van der Waals surface area contributed by atoms with Crippen LogP contribution in [-0.2, 0) is 11.8 Å². The van der Waals surface area contributed by atoms with Crippen molar-refractivity contribution in [3.05, 3.63) is 29.3 Å². The van der Waals surface area contributed by atoms with Crippen molar-refractivity contribution < 1.29 is 0 Å². The average molecular weight is 206 g/mol. The summed E-state index contributed by atoms with van der Waals surface area (Å²) in [6.45, 7) is 6.91. The van der Waals surface area contributed by atoms with Gasteiger partial charge in [0.15, 0.2) is 0 Å². The Morgan fingerprint density at radius 2 is 2.00 bits per heavy atom. The van der Waals surface area contributed by atoms with Crippen molar-refractivity contribution in [2.24, 2.45) is 0 Å². The molecule has 2 rings (SSSR count). The maximum absolute atomic E-state index is 2.30. The monoisotopic (exact) mass is 206 g/mol. The molecule has 0 bridgehead atoms. The van der Waals surface area contributed by atoms with E-state index in [-0.39, 0.29) is 5.41 Å². The number of thioether (sulfide) groups is 1. The van der Waals surface area contributed by atoms with Gasteiger partial charge in [-0.2, -0.15) is 0 Å². The molecule has 1 aromatic carbocycles. The Morgan fingerprint density at radius 1 is 1.21 bits per heavy atom. The van der Waals surface area contributed by atoms with Crippen LogP contribution in [0.1, 0.15) is 38.3 Å². The number of aryl methyl sites for hydroxylation is 1. The van der Waals surface area contributed by atoms with Gasteiger partial charge < -0.3 is 0 Å². The third-order valence-electron chi connectivity index (χ3n) is 2.74. The van der Waals surface area contributed by atoms with Gasteiger partial charge in [-0.05, 0) is 35.1 Å². The van der Waals surface area contributed by atoms with E-state index in [1.165, 1.54) is 24.2 Å². The minimum Gasteiger partial charge on any atom is -0.126 e. The first-order valence-electron chi connectivity index (χ1n) is 5.34. The standard InChI is InChI=1S/C13H18S/c1-13(2,3)11-8-4-6-10-7-5-9-14-12(10)11/h4,6,8H,5,7,9H2,1-3H3. The molecule has 0 nitrogen and oxygen atoms in total. The normalized spacial score (nSPS) is 16.5. The molecule has 0 N–H and O–H groups in total. The molecule has 0 saturated heterocycles. The lowest BCUT2D eigenvalue weighted by molar-refractivity contribution is 0.574. The molecule has 0 unspecified atom stereocenters. The molecule has 0 aromatic heterocycles. The van der Waals surface area contributed by atoms with Gasteiger partial charge in [0, 0.05) is 4.90 Å². The van der Waals surface area contributed by atoms with Gasteiger partial charge in [0.25, 0.3) is 0 Å². The highest BCUT2D eigenvalue weighted by molar-refractivity contribution is 7.99. The molecule has 0 amide bonds. The summed E-state index contributed by atoms with van der Waals surface area (Å²) in [6.07, 6.45) is 2.61. The summed E-state index contributed by atoms with van der Waals surface area (Å²) in [5.74, 6) is 1.29. The first-order valence-corrected chi connectivity index (χ1v) is 6.33. The smallest absolute Gasteiger partial charge is 0.0141 e. The summed E-state index contributed by atoms with van der Waals surface area (Å²) >= 11 is 2.04. The highest BCUT2D eigenvalue weighted by Gasteiger charge is 2.21. The number of rotatable bonds is 0. The molecule has 14 heavy (non-hydrogen) atoms. The molecule has 0 saturated carbocycles. The lowest BCUT2D eigenvalue weighted by Crippen LogP contribution is -2.15. The van der Waals surface area contributed by atoms with Crippen LogP contribution in [0.5, 0.6) is 0 Å². The lowest BCUT2D eigenvalue weighted by atomic mass is 9.85. The Morgan fingerprint density at radius 3 is 2.71 bits per heavy atom. The Hall–Kier alpha value is -0.430. The van der Waals surface area contributed by atoms with Gasteiger partial charge in [-0.25, -0.2) is 0 Å². The Kier molecular flexibility index (Phi) is 2.61. The van der Waals surface area contributed by atoms with Crippen molar-refractivity contribution in [2.75, 3.05) is 5.75 Å². The molecule has 0 aliphatic carbocycles. The summed E-state index contributed by atoms with van der Waals surface area (Å²) < 4.78 is 0. The summed E-state index contributed by atoms with van der Waals surface area (Å²) in [7, 11) is 0. The molecule has 0 atom stereocenters. The highest BCUT2D eigenvalue weighted by atomic mass is 32.2. The van der Waals surface area contributed by atoms with Crippen LogP contribution in [0, 0.1) is 0 Å². The van der Waals surface area contributed by atoms with E-state index in [1.807, 2.05) is 11.8 Å². The van der Waals surface area contributed by atoms with E-state index in [1.54, 1.807) is 10.5 Å². The predicted molar refractivity (Wildman–Crippen MR) is 64.2 cm³/mol. The molecule has 0 radical (unpaired) electrons. The van der Waals surface area contributed by atoms with Gasteiger partial charge in [-0.3, -0.25) is 0 Å². The lowest BCUT2D eigenvalue weighted by Gasteiger charge is -2.26. The topological polar surface area (TPSA) is 0 Å². The molecule has 1 aromatic rings. The first-order chi connectivity index (χ1) is 6.59. The van der Waals surface area contributed by atoms with Gasteiger partial charge in [0.2, 0.25) is 0 Å². The van der Waals surface area contributed by atoms with Gasteiger partial charge in [0.1, 0.15) is 0 Å². The maximum Gasteiger partial charge on any atom is 0.0141 e. The quantitative estimate of drug-likeness (QED) is 0.618. The van der Waals surface area contributed by atoms with Crippen LogP contribution in [0.2, 0.25) is 0 Å². The van der Waals surface area contributed by atoms with Crippen LogP contribution in [0.25, 0.3) is 0 Å². The second kappa shape index (κ2) is 3.62. The second-order valence-electron chi connectivity index (χ2n) is 5.00. The van der Waals surface area contributed by atoms with Crippen LogP contribution in [0.4, 0.5) is 0 Å². The fraction of sp³-hybridized carbons (Fsp3) is 0.538. The minimum absolute atomic E-state index is 0.287. The van der Waals surface area contributed by atoms with Crippen molar-refractivity contribution in [3.8, 4) is 0 Å². The fourth-order valence-corrected chi connectivity index (χ4v) is 3.36. The fourth-order valence-electron chi connectivity index (χ4n) is 1.98. The van der Waals surface area contributed by atoms with Crippen molar-refractivity contribution in [2.45, 2.75) is 43.9 Å². The molecule has 0 spiro atoms. The van der Waals surface area contributed by atoms with Crippen molar-refractivity contribution >= 4 is 11.8 Å². The molecule has 76 valence electrons. The van der Waals surface area contributed by atoms with Crippen molar-refractivity contribution in [1.82, 2.24) is 0 Å². The van der Waals surface area contributed by atoms with E-state index in [0.717, 1.165) is 0 Å². The van der Waals surface area contributed by atoms with E-state index in [0.29, 0.717) is 0 Å². The number of benzene rings is 1. The highest BCUT2D eigenvalue weighted by Crippen LogP contribution is 2.38. The third kappa shape index (κ3) is 1.83. The summed E-state index contributed by atoms with van der Waals surface area (Å²) in [5.41, 5.74) is 3.38. The van der Waals surface area contributed by atoms with Crippen LogP contribution in [0.3, 0.4) is 0 Å². The SMILES string of the molecule is CC(C)(C)c1cccc2c1SCCC2. The maximum atomic E-state index is 2.30. The number of hydrogen-bond donors (Lipinski definition) is 0. The third-order valence-corrected chi connectivity index (χ3v) is 4.01. The van der Waals surface area contributed by atoms with Crippen LogP contribution >= 0.6 is 11.8 Å². The van der Waals surface area contributed by atoms with Crippen LogP contribution in [0.15, 0.2) is 23.1 Å². The zero-order chi connectivity index (χ0) is 10.2. The van der Waals surface area contributed by atoms with Gasteiger partial charge in [0.05, 0.1) is 0 Å². The Bertz CT molecular complexity index is 334. The van der Waals surface area contributed by atoms with Gasteiger partial charge >= 0.3 is 0 Å². The van der Waals surface area contributed by atoms with E-state index < -0.39 is 0 Å². The molecule has 1 heteroatoms. The first kappa shape index (κ1) is 10.1. The van der Waals surface area contributed by atoms with E-state index in [2.05, 4.69) is 39.0 Å².